The number of halogens is 2. The minimum absolute atomic E-state index is 0.0953. The number of pyridine rings is 1. The number of hydrogen-bond donors (Lipinski definition) is 1. The van der Waals surface area contributed by atoms with Crippen molar-refractivity contribution < 1.29 is 13.7 Å². The molecular formula is C23H16ClFN6O3. The normalized spacial score (nSPS) is 11.1. The summed E-state index contributed by atoms with van der Waals surface area (Å²) in [4.78, 5) is 29.7. The molecule has 0 unspecified atom stereocenters. The van der Waals surface area contributed by atoms with Gasteiger partial charge in [0, 0.05) is 11.8 Å². The smallest absolute Gasteiger partial charge is 0.333 e. The maximum absolute atomic E-state index is 13.5. The number of carbonyl (C=O) groups is 1. The second-order valence-corrected chi connectivity index (χ2v) is 7.93. The van der Waals surface area contributed by atoms with Crippen molar-refractivity contribution in [3.63, 3.8) is 0 Å². The molecule has 0 fully saturated rings. The van der Waals surface area contributed by atoms with Crippen LogP contribution in [0.5, 0.6) is 0 Å². The average molecular weight is 479 g/mol. The molecule has 170 valence electrons. The van der Waals surface area contributed by atoms with Gasteiger partial charge in [0.2, 0.25) is 11.7 Å². The number of hydrogen-bond acceptors (Lipinski definition) is 6. The van der Waals surface area contributed by atoms with Crippen LogP contribution in [0.1, 0.15) is 5.56 Å². The molecule has 3 heterocycles. The van der Waals surface area contributed by atoms with Crippen molar-refractivity contribution in [2.24, 2.45) is 0 Å². The van der Waals surface area contributed by atoms with Crippen molar-refractivity contribution in [2.45, 2.75) is 13.5 Å². The zero-order chi connectivity index (χ0) is 23.8. The first-order valence-corrected chi connectivity index (χ1v) is 10.5. The summed E-state index contributed by atoms with van der Waals surface area (Å²) in [6.07, 6.45) is 1.52. The number of nitrogens with one attached hydrogen (secondary N) is 1. The maximum Gasteiger partial charge on any atom is 0.350 e. The van der Waals surface area contributed by atoms with Gasteiger partial charge in [-0.25, -0.2) is 18.3 Å². The topological polar surface area (TPSA) is 107 Å². The molecule has 1 amide bonds. The minimum Gasteiger partial charge on any atom is -0.333 e. The summed E-state index contributed by atoms with van der Waals surface area (Å²) in [5.74, 6) is -0.615. The molecule has 0 bridgehead atoms. The van der Waals surface area contributed by atoms with Crippen molar-refractivity contribution in [3.05, 3.63) is 87.7 Å². The lowest BCUT2D eigenvalue weighted by Gasteiger charge is -2.07. The third kappa shape index (κ3) is 4.06. The lowest BCUT2D eigenvalue weighted by atomic mass is 10.2. The fraction of sp³-hybridized carbons (Fsp3) is 0.0870. The van der Waals surface area contributed by atoms with Crippen LogP contribution in [-0.2, 0) is 11.3 Å². The van der Waals surface area contributed by atoms with E-state index in [1.54, 1.807) is 30.3 Å². The highest BCUT2D eigenvalue weighted by molar-refractivity contribution is 6.33. The fourth-order valence-corrected chi connectivity index (χ4v) is 3.72. The second-order valence-electron chi connectivity index (χ2n) is 7.52. The van der Waals surface area contributed by atoms with Crippen molar-refractivity contribution in [3.8, 4) is 22.8 Å². The Hall–Kier alpha value is -4.31. The van der Waals surface area contributed by atoms with E-state index in [4.69, 9.17) is 16.1 Å². The van der Waals surface area contributed by atoms with Gasteiger partial charge in [-0.2, -0.15) is 4.98 Å². The summed E-state index contributed by atoms with van der Waals surface area (Å²) in [5.41, 5.74) is 1.92. The number of amides is 1. The van der Waals surface area contributed by atoms with Crippen LogP contribution in [0.2, 0.25) is 5.02 Å². The molecule has 0 saturated heterocycles. The molecule has 0 aliphatic heterocycles. The van der Waals surface area contributed by atoms with E-state index < -0.39 is 17.4 Å². The molecule has 34 heavy (non-hydrogen) atoms. The number of anilines is 1. The van der Waals surface area contributed by atoms with Crippen LogP contribution < -0.4 is 11.0 Å². The number of fused-ring (bicyclic) bond motifs is 1. The highest BCUT2D eigenvalue weighted by Gasteiger charge is 2.19. The third-order valence-electron chi connectivity index (χ3n) is 5.04. The van der Waals surface area contributed by atoms with Crippen LogP contribution in [0.25, 0.3) is 28.5 Å². The van der Waals surface area contributed by atoms with Gasteiger partial charge in [-0.05, 0) is 48.9 Å². The standard InChI is InChI=1S/C23H16ClFN6O3/c1-13-7-8-18(17(24)10-13)26-19(32)12-31-23(33)30-9-3-6-16(21(30)28-31)22-27-20(29-34-22)14-4-2-5-15(25)11-14/h2-11H,12H2,1H3,(H,26,32). The van der Waals surface area contributed by atoms with Gasteiger partial charge in [0.15, 0.2) is 5.65 Å². The van der Waals surface area contributed by atoms with Crippen molar-refractivity contribution in [2.75, 3.05) is 5.32 Å². The fourth-order valence-electron chi connectivity index (χ4n) is 3.43. The lowest BCUT2D eigenvalue weighted by molar-refractivity contribution is -0.117. The van der Waals surface area contributed by atoms with Gasteiger partial charge in [0.1, 0.15) is 12.4 Å². The van der Waals surface area contributed by atoms with Gasteiger partial charge in [0.05, 0.1) is 16.3 Å². The van der Waals surface area contributed by atoms with Gasteiger partial charge >= 0.3 is 5.69 Å². The van der Waals surface area contributed by atoms with E-state index in [1.807, 2.05) is 13.0 Å². The van der Waals surface area contributed by atoms with Gasteiger partial charge in [-0.3, -0.25) is 4.79 Å². The highest BCUT2D eigenvalue weighted by Crippen LogP contribution is 2.25. The molecule has 0 radical (unpaired) electrons. The van der Waals surface area contributed by atoms with E-state index >= 15 is 0 Å². The summed E-state index contributed by atoms with van der Waals surface area (Å²) in [6.45, 7) is 1.55. The predicted octanol–water partition coefficient (Wildman–Crippen LogP) is 3.95. The van der Waals surface area contributed by atoms with E-state index in [1.165, 1.54) is 28.8 Å². The molecule has 11 heteroatoms. The summed E-state index contributed by atoms with van der Waals surface area (Å²) in [6, 6.07) is 14.3. The summed E-state index contributed by atoms with van der Waals surface area (Å²) in [7, 11) is 0. The van der Waals surface area contributed by atoms with E-state index in [0.29, 0.717) is 21.8 Å². The van der Waals surface area contributed by atoms with Gasteiger partial charge in [-0.1, -0.05) is 35.0 Å². The molecule has 3 aromatic heterocycles. The number of nitrogens with zero attached hydrogens (tertiary/aromatic N) is 5. The Morgan fingerprint density at radius 2 is 2.03 bits per heavy atom. The molecule has 2 aromatic carbocycles. The molecule has 5 aromatic rings. The highest BCUT2D eigenvalue weighted by atomic mass is 35.5. The average Bonchev–Trinajstić information content (AvgIpc) is 3.41. The van der Waals surface area contributed by atoms with Crippen molar-refractivity contribution in [1.29, 1.82) is 0 Å². The quantitative estimate of drug-likeness (QED) is 0.410. The number of carbonyl (C=O) groups excluding carboxylic acids is 1. The summed E-state index contributed by atoms with van der Waals surface area (Å²) >= 11 is 6.17. The molecule has 9 nitrogen and oxygen atoms in total. The SMILES string of the molecule is Cc1ccc(NC(=O)Cn2nc3c(-c4nc(-c5cccc(F)c5)no4)cccn3c2=O)c(Cl)c1. The Morgan fingerprint density at radius 3 is 2.82 bits per heavy atom. The van der Waals surface area contributed by atoms with Crippen LogP contribution in [0.4, 0.5) is 10.1 Å². The van der Waals surface area contributed by atoms with Crippen LogP contribution >= 0.6 is 11.6 Å². The van der Waals surface area contributed by atoms with Crippen LogP contribution in [0.3, 0.4) is 0 Å². The van der Waals surface area contributed by atoms with Gasteiger partial charge in [-0.15, -0.1) is 5.10 Å². The van der Waals surface area contributed by atoms with Gasteiger partial charge in [0.25, 0.3) is 5.89 Å². The molecule has 0 aliphatic rings. The van der Waals surface area contributed by atoms with Gasteiger partial charge < -0.3 is 9.84 Å². The van der Waals surface area contributed by atoms with E-state index in [2.05, 4.69) is 20.6 Å². The number of aromatic nitrogens is 5. The maximum atomic E-state index is 13.5. The molecule has 0 aliphatic carbocycles. The Morgan fingerprint density at radius 1 is 1.18 bits per heavy atom. The van der Waals surface area contributed by atoms with Crippen LogP contribution in [0, 0.1) is 12.7 Å². The number of rotatable bonds is 5. The Balaban J connectivity index is 1.45. The first-order valence-electron chi connectivity index (χ1n) is 10.1. The second kappa shape index (κ2) is 8.56. The van der Waals surface area contributed by atoms with Crippen molar-refractivity contribution in [1.82, 2.24) is 24.3 Å². The Bertz CT molecular complexity index is 1610. The van der Waals surface area contributed by atoms with E-state index in [9.17, 15) is 14.0 Å². The Labute approximate surface area is 196 Å². The van der Waals surface area contributed by atoms with Crippen molar-refractivity contribution >= 4 is 28.8 Å². The largest absolute Gasteiger partial charge is 0.350 e. The molecule has 0 atom stereocenters. The zero-order valence-electron chi connectivity index (χ0n) is 17.7. The molecule has 0 saturated carbocycles. The zero-order valence-corrected chi connectivity index (χ0v) is 18.5. The molecular weight excluding hydrogens is 463 g/mol. The van der Waals surface area contributed by atoms with Crippen LogP contribution in [-0.4, -0.2) is 30.2 Å². The molecule has 0 spiro atoms. The minimum atomic E-state index is -0.521. The summed E-state index contributed by atoms with van der Waals surface area (Å²) in [5, 5.41) is 11.3. The predicted molar refractivity (Wildman–Crippen MR) is 123 cm³/mol. The first-order chi connectivity index (χ1) is 16.4. The third-order valence-corrected chi connectivity index (χ3v) is 5.35. The Kier molecular flexibility index (Phi) is 5.42. The molecule has 5 rings (SSSR count). The monoisotopic (exact) mass is 478 g/mol. The van der Waals surface area contributed by atoms with E-state index in [0.717, 1.165) is 10.2 Å². The number of aryl methyl sites for hydroxylation is 1. The first kappa shape index (κ1) is 21.5. The number of benzene rings is 2. The summed E-state index contributed by atoms with van der Waals surface area (Å²) < 4.78 is 21.2. The lowest BCUT2D eigenvalue weighted by Crippen LogP contribution is -2.28. The molecule has 1 N–H and O–H groups in total. The van der Waals surface area contributed by atoms with E-state index in [-0.39, 0.29) is 23.9 Å². The van der Waals surface area contributed by atoms with Crippen LogP contribution in [0.15, 0.2) is 70.1 Å².